The van der Waals surface area contributed by atoms with Crippen LogP contribution in [-0.4, -0.2) is 54.8 Å². The summed E-state index contributed by atoms with van der Waals surface area (Å²) in [7, 11) is 0. The van der Waals surface area contributed by atoms with Crippen molar-refractivity contribution in [1.29, 1.82) is 0 Å². The number of piperidine rings is 1. The van der Waals surface area contributed by atoms with Crippen LogP contribution < -0.4 is 10.5 Å². The van der Waals surface area contributed by atoms with Crippen molar-refractivity contribution in [1.82, 2.24) is 29.4 Å². The highest BCUT2D eigenvalue weighted by Crippen LogP contribution is 2.45. The van der Waals surface area contributed by atoms with E-state index >= 15 is 0 Å². The second-order valence-corrected chi connectivity index (χ2v) is 9.49. The number of imidazole rings is 1. The number of hydrogen-bond donors (Lipinski definition) is 1. The molecule has 0 unspecified atom stereocenters. The highest BCUT2D eigenvalue weighted by atomic mass is 19.4. The predicted octanol–water partition coefficient (Wildman–Crippen LogP) is 5.52. The number of anilines is 1. The van der Waals surface area contributed by atoms with Crippen molar-refractivity contribution in [3.8, 4) is 11.4 Å². The first-order valence-corrected chi connectivity index (χ1v) is 12.6. The van der Waals surface area contributed by atoms with Crippen molar-refractivity contribution in [2.45, 2.75) is 44.5 Å². The van der Waals surface area contributed by atoms with Gasteiger partial charge in [-0.3, -0.25) is 9.47 Å². The molecule has 3 aromatic heterocycles. The second kappa shape index (κ2) is 10.8. The normalized spacial score (nSPS) is 15.8. The highest BCUT2D eigenvalue weighted by molar-refractivity contribution is 5.77. The SMILES string of the molecule is C/C=C/c1cnc2c(c1)nc(C(F)(F)C(F)(F)F)n2-c1ccc(OC2CCN(Cc3cnc(N)nc3)CC2)cc1. The molecule has 0 atom stereocenters. The summed E-state index contributed by atoms with van der Waals surface area (Å²) in [4.78, 5) is 18.1. The van der Waals surface area contributed by atoms with Gasteiger partial charge in [0.15, 0.2) is 11.5 Å². The second-order valence-electron chi connectivity index (χ2n) is 9.49. The van der Waals surface area contributed by atoms with Crippen LogP contribution in [-0.2, 0) is 12.5 Å². The van der Waals surface area contributed by atoms with Gasteiger partial charge in [-0.1, -0.05) is 12.2 Å². The summed E-state index contributed by atoms with van der Waals surface area (Å²) in [5, 5.41) is 0. The lowest BCUT2D eigenvalue weighted by Gasteiger charge is -2.32. The Balaban J connectivity index is 1.34. The van der Waals surface area contributed by atoms with Crippen LogP contribution in [0.5, 0.6) is 5.75 Å². The lowest BCUT2D eigenvalue weighted by atomic mass is 10.1. The van der Waals surface area contributed by atoms with E-state index in [1.54, 1.807) is 43.6 Å². The van der Waals surface area contributed by atoms with Crippen LogP contribution in [0, 0.1) is 0 Å². The number of hydrogen-bond acceptors (Lipinski definition) is 7. The fourth-order valence-electron chi connectivity index (χ4n) is 4.60. The van der Waals surface area contributed by atoms with Crippen LogP contribution in [0.25, 0.3) is 22.9 Å². The number of ether oxygens (including phenoxy) is 1. The Labute approximate surface area is 226 Å². The molecule has 40 heavy (non-hydrogen) atoms. The maximum Gasteiger partial charge on any atom is 0.461 e. The minimum absolute atomic E-state index is 0.0561. The molecule has 1 aliphatic heterocycles. The molecular formula is C27H26F5N7O. The van der Waals surface area contributed by atoms with Gasteiger partial charge in [-0.15, -0.1) is 0 Å². The van der Waals surface area contributed by atoms with Gasteiger partial charge >= 0.3 is 12.1 Å². The Kier molecular flexibility index (Phi) is 7.41. The third kappa shape index (κ3) is 5.60. The molecule has 4 heterocycles. The molecule has 210 valence electrons. The Bertz CT molecular complexity index is 1490. The Morgan fingerprint density at radius 1 is 1.00 bits per heavy atom. The molecule has 0 amide bonds. The maximum absolute atomic E-state index is 14.6. The van der Waals surface area contributed by atoms with Crippen molar-refractivity contribution in [3.05, 3.63) is 71.9 Å². The molecule has 0 bridgehead atoms. The number of aromatic nitrogens is 5. The van der Waals surface area contributed by atoms with Gasteiger partial charge in [0.05, 0.1) is 0 Å². The fraction of sp³-hybridized carbons (Fsp3) is 0.333. The molecule has 1 saturated heterocycles. The van der Waals surface area contributed by atoms with E-state index in [-0.39, 0.29) is 28.9 Å². The molecule has 1 aliphatic rings. The largest absolute Gasteiger partial charge is 0.490 e. The molecule has 0 saturated carbocycles. The Hall–Kier alpha value is -4.13. The van der Waals surface area contributed by atoms with Crippen molar-refractivity contribution >= 4 is 23.2 Å². The molecule has 4 aromatic rings. The first-order valence-electron chi connectivity index (χ1n) is 12.6. The number of nitrogen functional groups attached to an aromatic ring is 1. The highest BCUT2D eigenvalue weighted by Gasteiger charge is 2.62. The quantitative estimate of drug-likeness (QED) is 0.298. The molecule has 1 fully saturated rings. The van der Waals surface area contributed by atoms with Gasteiger partial charge in [-0.05, 0) is 55.7 Å². The third-order valence-electron chi connectivity index (χ3n) is 6.58. The zero-order valence-corrected chi connectivity index (χ0v) is 21.4. The molecule has 2 N–H and O–H groups in total. The number of nitrogens with two attached hydrogens (primary N) is 1. The van der Waals surface area contributed by atoms with Gasteiger partial charge in [0.2, 0.25) is 5.95 Å². The Morgan fingerprint density at radius 2 is 1.68 bits per heavy atom. The number of alkyl halides is 5. The van der Waals surface area contributed by atoms with Crippen LogP contribution in [0.15, 0.2) is 55.0 Å². The van der Waals surface area contributed by atoms with Crippen molar-refractivity contribution in [2.75, 3.05) is 18.8 Å². The predicted molar refractivity (Wildman–Crippen MR) is 139 cm³/mol. The third-order valence-corrected chi connectivity index (χ3v) is 6.58. The number of fused-ring (bicyclic) bond motifs is 1. The van der Waals surface area contributed by atoms with E-state index in [4.69, 9.17) is 10.5 Å². The van der Waals surface area contributed by atoms with E-state index in [0.717, 1.165) is 36.1 Å². The lowest BCUT2D eigenvalue weighted by Crippen LogP contribution is -2.37. The zero-order chi connectivity index (χ0) is 28.5. The van der Waals surface area contributed by atoms with Crippen LogP contribution in [0.2, 0.25) is 0 Å². The summed E-state index contributed by atoms with van der Waals surface area (Å²) in [6, 6.07) is 7.35. The van der Waals surface area contributed by atoms with E-state index in [1.165, 1.54) is 24.4 Å². The van der Waals surface area contributed by atoms with Crippen LogP contribution in [0.1, 0.15) is 36.7 Å². The van der Waals surface area contributed by atoms with E-state index in [2.05, 4.69) is 24.8 Å². The molecule has 0 aliphatic carbocycles. The molecule has 0 spiro atoms. The van der Waals surface area contributed by atoms with E-state index in [1.807, 2.05) is 0 Å². The molecular weight excluding hydrogens is 533 g/mol. The van der Waals surface area contributed by atoms with Gasteiger partial charge in [0, 0.05) is 49.5 Å². The maximum atomic E-state index is 14.6. The van der Waals surface area contributed by atoms with Crippen molar-refractivity contribution in [3.63, 3.8) is 0 Å². The number of rotatable bonds is 7. The number of likely N-dealkylation sites (tertiary alicyclic amines) is 1. The minimum atomic E-state index is -5.84. The summed E-state index contributed by atoms with van der Waals surface area (Å²) in [6.07, 6.45) is 3.73. The standard InChI is InChI=1S/C27H26F5N7O/c1-2-3-17-12-22-23(34-13-17)39(24(37-22)26(28,29)27(30,31)32)19-4-6-20(7-5-19)40-21-8-10-38(11-9-21)16-18-14-35-25(33)36-15-18/h2-7,12-15,21H,8-11,16H2,1H3,(H2,33,35,36)/b3-2+. The summed E-state index contributed by atoms with van der Waals surface area (Å²) in [5.74, 6) is -5.95. The van der Waals surface area contributed by atoms with Gasteiger partial charge in [0.25, 0.3) is 0 Å². The summed E-state index contributed by atoms with van der Waals surface area (Å²) in [6.45, 7) is 4.00. The topological polar surface area (TPSA) is 95.0 Å². The number of benzene rings is 1. The van der Waals surface area contributed by atoms with Gasteiger partial charge in [-0.2, -0.15) is 22.0 Å². The fourth-order valence-corrected chi connectivity index (χ4v) is 4.60. The van der Waals surface area contributed by atoms with E-state index < -0.39 is 17.9 Å². The summed E-state index contributed by atoms with van der Waals surface area (Å²) >= 11 is 0. The number of nitrogens with zero attached hydrogens (tertiary/aromatic N) is 6. The van der Waals surface area contributed by atoms with Crippen LogP contribution >= 0.6 is 0 Å². The molecule has 1 aromatic carbocycles. The molecule has 0 radical (unpaired) electrons. The first kappa shape index (κ1) is 27.4. The van der Waals surface area contributed by atoms with E-state index in [9.17, 15) is 22.0 Å². The average molecular weight is 560 g/mol. The van der Waals surface area contributed by atoms with Crippen LogP contribution in [0.4, 0.5) is 27.9 Å². The molecule has 8 nitrogen and oxygen atoms in total. The van der Waals surface area contributed by atoms with Crippen molar-refractivity contribution in [2.24, 2.45) is 0 Å². The Morgan fingerprint density at radius 3 is 2.30 bits per heavy atom. The number of halogens is 5. The smallest absolute Gasteiger partial charge is 0.461 e. The minimum Gasteiger partial charge on any atom is -0.490 e. The van der Waals surface area contributed by atoms with E-state index in [0.29, 0.717) is 17.9 Å². The summed E-state index contributed by atoms with van der Waals surface area (Å²) in [5.41, 5.74) is 6.88. The van der Waals surface area contributed by atoms with Gasteiger partial charge < -0.3 is 10.5 Å². The van der Waals surface area contributed by atoms with Crippen molar-refractivity contribution < 1.29 is 26.7 Å². The van der Waals surface area contributed by atoms with Gasteiger partial charge in [0.1, 0.15) is 17.4 Å². The van der Waals surface area contributed by atoms with Gasteiger partial charge in [-0.25, -0.2) is 19.9 Å². The average Bonchev–Trinajstić information content (AvgIpc) is 3.31. The first-order chi connectivity index (χ1) is 19.0. The molecule has 13 heteroatoms. The lowest BCUT2D eigenvalue weighted by molar-refractivity contribution is -0.292. The summed E-state index contributed by atoms with van der Waals surface area (Å²) < 4.78 is 76.1. The monoisotopic (exact) mass is 559 g/mol. The zero-order valence-electron chi connectivity index (χ0n) is 21.4. The molecule has 5 rings (SSSR count). The number of pyridine rings is 1. The van der Waals surface area contributed by atoms with Crippen LogP contribution in [0.3, 0.4) is 0 Å². The number of allylic oxidation sites excluding steroid dienone is 1.